The fourth-order valence-corrected chi connectivity index (χ4v) is 1.73. The van der Waals surface area contributed by atoms with Crippen LogP contribution in [0.4, 0.5) is 0 Å². The van der Waals surface area contributed by atoms with Crippen molar-refractivity contribution in [3.8, 4) is 0 Å². The topological polar surface area (TPSA) is 12.0 Å². The third kappa shape index (κ3) is 0.652. The van der Waals surface area contributed by atoms with E-state index in [4.69, 9.17) is 0 Å². The molecule has 0 aromatic carbocycles. The van der Waals surface area contributed by atoms with Crippen LogP contribution in [0.15, 0.2) is 0 Å². The smallest absolute Gasteiger partial charge is 0.00145 e. The quantitative estimate of drug-likeness (QED) is 0.518. The lowest BCUT2D eigenvalue weighted by Gasteiger charge is -1.93. The Morgan fingerprint density at radius 3 is 2.00 bits per heavy atom. The molecule has 2 heteroatoms. The summed E-state index contributed by atoms with van der Waals surface area (Å²) < 4.78 is 0. The molecule has 0 aromatic heterocycles. The monoisotopic (exact) mass is 133 g/mol. The molecule has 48 valence electrons. The second kappa shape index (κ2) is 1.89. The molecule has 0 aromatic rings. The Hall–Kier alpha value is 0.250. The van der Waals surface area contributed by atoms with Gasteiger partial charge in [-0.2, -0.15) is 0 Å². The van der Waals surface area contributed by atoms with Crippen molar-refractivity contribution in [3.05, 3.63) is 0 Å². The van der Waals surface area contributed by atoms with Crippen LogP contribution in [0, 0.1) is 17.8 Å². The highest BCUT2D eigenvalue weighted by atomic mass is 35.5. The number of hydrogen-bond donors (Lipinski definition) is 1. The predicted octanol–water partition coefficient (Wildman–Crippen LogP) is 0.893. The number of halogens is 1. The van der Waals surface area contributed by atoms with Gasteiger partial charge in [-0.25, -0.2) is 0 Å². The van der Waals surface area contributed by atoms with Crippen LogP contribution in [0.2, 0.25) is 0 Å². The number of nitrogens with one attached hydrogen (secondary N) is 1. The van der Waals surface area contributed by atoms with E-state index in [2.05, 4.69) is 12.2 Å². The van der Waals surface area contributed by atoms with E-state index in [1.54, 1.807) is 0 Å². The van der Waals surface area contributed by atoms with Gasteiger partial charge in [0.2, 0.25) is 0 Å². The maximum absolute atomic E-state index is 3.35. The van der Waals surface area contributed by atoms with Gasteiger partial charge in [0.1, 0.15) is 0 Å². The molecule has 0 bridgehead atoms. The van der Waals surface area contributed by atoms with E-state index in [-0.39, 0.29) is 12.4 Å². The first-order chi connectivity index (χ1) is 3.39. The highest BCUT2D eigenvalue weighted by Gasteiger charge is 2.49. The van der Waals surface area contributed by atoms with Crippen LogP contribution in [-0.2, 0) is 0 Å². The molecule has 1 saturated heterocycles. The Kier molecular flexibility index (Phi) is 1.50. The summed E-state index contributed by atoms with van der Waals surface area (Å²) in [5.41, 5.74) is 0. The van der Waals surface area contributed by atoms with Gasteiger partial charge in [0, 0.05) is 0 Å². The molecule has 8 heavy (non-hydrogen) atoms. The fourth-order valence-electron chi connectivity index (χ4n) is 1.73. The van der Waals surface area contributed by atoms with Gasteiger partial charge in [0.05, 0.1) is 0 Å². The summed E-state index contributed by atoms with van der Waals surface area (Å²) in [4.78, 5) is 0. The van der Waals surface area contributed by atoms with Crippen LogP contribution in [0.5, 0.6) is 0 Å². The number of hydrogen-bond acceptors (Lipinski definition) is 1. The Labute approximate surface area is 56.3 Å². The summed E-state index contributed by atoms with van der Waals surface area (Å²) in [6.45, 7) is 4.95. The van der Waals surface area contributed by atoms with Gasteiger partial charge in [-0.1, -0.05) is 6.92 Å². The van der Waals surface area contributed by atoms with E-state index in [1.807, 2.05) is 0 Å². The molecule has 0 amide bonds. The minimum absolute atomic E-state index is 0. The van der Waals surface area contributed by atoms with E-state index in [0.29, 0.717) is 0 Å². The molecule has 2 rings (SSSR count). The van der Waals surface area contributed by atoms with E-state index >= 15 is 0 Å². The van der Waals surface area contributed by atoms with Gasteiger partial charge < -0.3 is 5.32 Å². The van der Waals surface area contributed by atoms with Crippen molar-refractivity contribution in [3.63, 3.8) is 0 Å². The van der Waals surface area contributed by atoms with Crippen LogP contribution >= 0.6 is 12.4 Å². The first-order valence-electron chi connectivity index (χ1n) is 3.10. The van der Waals surface area contributed by atoms with Gasteiger partial charge >= 0.3 is 0 Å². The standard InChI is InChI=1S/C6H11N.ClH/c1-4-5-2-7-3-6(4)5;/h4-7H,2-3H2,1H3;1H/t4?,5-,6+;. The SMILES string of the molecule is CC1[C@H]2CNC[C@@H]12.Cl. The summed E-state index contributed by atoms with van der Waals surface area (Å²) >= 11 is 0. The van der Waals surface area contributed by atoms with Gasteiger partial charge in [-0.05, 0) is 30.8 Å². The molecule has 1 aliphatic carbocycles. The Balaban J connectivity index is 0.000000320. The molecule has 0 spiro atoms. The second-order valence-corrected chi connectivity index (χ2v) is 2.85. The molecule has 1 N–H and O–H groups in total. The Bertz CT molecular complexity index is 84.5. The minimum Gasteiger partial charge on any atom is -0.316 e. The van der Waals surface area contributed by atoms with Gasteiger partial charge in [0.25, 0.3) is 0 Å². The molecular weight excluding hydrogens is 122 g/mol. The van der Waals surface area contributed by atoms with Crippen LogP contribution in [0.3, 0.4) is 0 Å². The highest BCUT2D eigenvalue weighted by Crippen LogP contribution is 2.47. The normalized spacial score (nSPS) is 49.9. The first kappa shape index (κ1) is 6.37. The molecule has 3 atom stereocenters. The number of fused-ring (bicyclic) bond motifs is 1. The average molecular weight is 134 g/mol. The van der Waals surface area contributed by atoms with Crippen LogP contribution < -0.4 is 5.32 Å². The number of piperidine rings is 1. The van der Waals surface area contributed by atoms with E-state index < -0.39 is 0 Å². The fraction of sp³-hybridized carbons (Fsp3) is 1.00. The van der Waals surface area contributed by atoms with E-state index in [1.165, 1.54) is 13.1 Å². The Morgan fingerprint density at radius 2 is 1.75 bits per heavy atom. The lowest BCUT2D eigenvalue weighted by atomic mass is 10.3. The lowest BCUT2D eigenvalue weighted by Crippen LogP contribution is -2.13. The third-order valence-corrected chi connectivity index (χ3v) is 2.52. The van der Waals surface area contributed by atoms with Crippen molar-refractivity contribution >= 4 is 12.4 Å². The summed E-state index contributed by atoms with van der Waals surface area (Å²) in [6.07, 6.45) is 0. The van der Waals surface area contributed by atoms with Crippen LogP contribution in [-0.4, -0.2) is 13.1 Å². The minimum atomic E-state index is 0. The van der Waals surface area contributed by atoms with E-state index in [0.717, 1.165) is 17.8 Å². The Morgan fingerprint density at radius 1 is 1.25 bits per heavy atom. The van der Waals surface area contributed by atoms with Crippen LogP contribution in [0.1, 0.15) is 6.92 Å². The second-order valence-electron chi connectivity index (χ2n) is 2.85. The molecule has 1 aliphatic heterocycles. The maximum atomic E-state index is 3.35. The molecule has 0 radical (unpaired) electrons. The summed E-state index contributed by atoms with van der Waals surface area (Å²) in [6, 6.07) is 0. The van der Waals surface area contributed by atoms with Gasteiger partial charge in [-0.3, -0.25) is 0 Å². The highest BCUT2D eigenvalue weighted by molar-refractivity contribution is 5.85. The largest absolute Gasteiger partial charge is 0.316 e. The van der Waals surface area contributed by atoms with Crippen molar-refractivity contribution in [2.75, 3.05) is 13.1 Å². The van der Waals surface area contributed by atoms with Crippen molar-refractivity contribution in [2.24, 2.45) is 17.8 Å². The van der Waals surface area contributed by atoms with Crippen molar-refractivity contribution in [2.45, 2.75) is 6.92 Å². The number of rotatable bonds is 0. The zero-order valence-corrected chi connectivity index (χ0v) is 5.87. The molecule has 1 saturated carbocycles. The van der Waals surface area contributed by atoms with Gasteiger partial charge in [-0.15, -0.1) is 12.4 Å². The summed E-state index contributed by atoms with van der Waals surface area (Å²) in [5.74, 6) is 3.20. The average Bonchev–Trinajstić information content (AvgIpc) is 2.26. The zero-order chi connectivity index (χ0) is 4.85. The molecule has 1 heterocycles. The first-order valence-corrected chi connectivity index (χ1v) is 3.10. The summed E-state index contributed by atoms with van der Waals surface area (Å²) in [5, 5.41) is 3.35. The van der Waals surface area contributed by atoms with Crippen molar-refractivity contribution < 1.29 is 0 Å². The zero-order valence-electron chi connectivity index (χ0n) is 5.05. The van der Waals surface area contributed by atoms with Crippen LogP contribution in [0.25, 0.3) is 0 Å². The van der Waals surface area contributed by atoms with Crippen molar-refractivity contribution in [1.29, 1.82) is 0 Å². The van der Waals surface area contributed by atoms with Crippen molar-refractivity contribution in [1.82, 2.24) is 5.32 Å². The third-order valence-electron chi connectivity index (χ3n) is 2.52. The molecule has 1 unspecified atom stereocenters. The molecule has 2 fully saturated rings. The van der Waals surface area contributed by atoms with E-state index in [9.17, 15) is 0 Å². The molecular formula is C6H12ClN. The summed E-state index contributed by atoms with van der Waals surface area (Å²) in [7, 11) is 0. The predicted molar refractivity (Wildman–Crippen MR) is 36.3 cm³/mol. The maximum Gasteiger partial charge on any atom is -0.00145 e. The molecule has 2 aliphatic rings. The van der Waals surface area contributed by atoms with Gasteiger partial charge in [0.15, 0.2) is 0 Å². The lowest BCUT2D eigenvalue weighted by molar-refractivity contribution is 0.634. The molecule has 1 nitrogen and oxygen atoms in total.